The number of piperidine rings is 2. The molecule has 3 aliphatic rings. The van der Waals surface area contributed by atoms with Crippen molar-refractivity contribution in [1.82, 2.24) is 55.7 Å². The highest BCUT2D eigenvalue weighted by atomic mass is 32.2. The van der Waals surface area contributed by atoms with Crippen LogP contribution in [0.5, 0.6) is 0 Å². The van der Waals surface area contributed by atoms with E-state index in [1.807, 2.05) is 43.9 Å². The Bertz CT molecular complexity index is 2270. The van der Waals surface area contributed by atoms with E-state index in [1.165, 1.54) is 11.8 Å². The number of rotatable bonds is 31. The summed E-state index contributed by atoms with van der Waals surface area (Å²) in [6.07, 6.45) is 2.79. The van der Waals surface area contributed by atoms with Gasteiger partial charge in [0.1, 0.15) is 23.4 Å². The lowest BCUT2D eigenvalue weighted by molar-refractivity contribution is -0.142. The Morgan fingerprint density at radius 1 is 0.659 bits per heavy atom. The number of hydrogen-bond acceptors (Lipinski definition) is 18. The van der Waals surface area contributed by atoms with Crippen LogP contribution in [0.1, 0.15) is 97.4 Å². The molecule has 3 aliphatic heterocycles. The van der Waals surface area contributed by atoms with E-state index >= 15 is 0 Å². The molecule has 6 amide bonds. The van der Waals surface area contributed by atoms with Crippen LogP contribution in [0.25, 0.3) is 0 Å². The molecule has 0 radical (unpaired) electrons. The first-order chi connectivity index (χ1) is 38.9. The zero-order valence-electron chi connectivity index (χ0n) is 48.6. The van der Waals surface area contributed by atoms with Gasteiger partial charge in [-0.3, -0.25) is 77.4 Å². The summed E-state index contributed by atoms with van der Waals surface area (Å²) in [5.41, 5.74) is 5.83. The Morgan fingerprint density at radius 3 is 1.56 bits per heavy atom. The van der Waals surface area contributed by atoms with E-state index in [0.29, 0.717) is 42.4 Å². The molecule has 0 bridgehead atoms. The number of nitrogens with two attached hydrogens (primary N) is 1. The van der Waals surface area contributed by atoms with E-state index < -0.39 is 59.2 Å². The minimum absolute atomic E-state index is 0.00889. The van der Waals surface area contributed by atoms with Crippen molar-refractivity contribution >= 4 is 82.7 Å². The van der Waals surface area contributed by atoms with Crippen LogP contribution in [0.2, 0.25) is 0 Å². The number of hydrogen-bond donors (Lipinski definition) is 8. The van der Waals surface area contributed by atoms with Crippen LogP contribution >= 0.6 is 23.5 Å². The quantitative estimate of drug-likeness (QED) is 0.0454. The predicted octanol–water partition coefficient (Wildman–Crippen LogP) is -0.00230. The maximum absolute atomic E-state index is 14.7. The molecule has 1 aromatic rings. The summed E-state index contributed by atoms with van der Waals surface area (Å²) in [5.74, 6) is -3.96. The van der Waals surface area contributed by atoms with E-state index in [1.54, 1.807) is 45.2 Å². The topological polar surface area (TPSA) is 338 Å². The third-order valence-electron chi connectivity index (χ3n) is 15.0. The van der Waals surface area contributed by atoms with E-state index in [0.717, 1.165) is 37.3 Å². The Labute approximate surface area is 490 Å². The fraction of sp³-hybridized carbons (Fsp3) is 0.727. The van der Waals surface area contributed by atoms with Crippen molar-refractivity contribution in [3.63, 3.8) is 0 Å². The fourth-order valence-electron chi connectivity index (χ4n) is 10.2. The number of carboxylic acids is 3. The average Bonchev–Trinajstić information content (AvgIpc) is 3.43. The van der Waals surface area contributed by atoms with Gasteiger partial charge in [-0.05, 0) is 63.0 Å². The van der Waals surface area contributed by atoms with E-state index in [9.17, 15) is 63.3 Å². The molecule has 0 saturated carbocycles. The lowest BCUT2D eigenvalue weighted by Crippen LogP contribution is -2.66. The summed E-state index contributed by atoms with van der Waals surface area (Å²) in [6, 6.07) is 3.79. The van der Waals surface area contributed by atoms with Crippen molar-refractivity contribution < 1.29 is 63.3 Å². The number of carbonyl (C=O) groups is 10. The molecule has 3 atom stereocenters. The first-order valence-corrected chi connectivity index (χ1v) is 30.9. The molecule has 4 rings (SSSR count). The SMILES string of the molecule is CC[C@H](C)[C@H](NC(=O)[C@H](CC(C)C)NC(=O)C1(NC(=O)CCSCc2cccc(CSCCC(=O)NC3CCN(CC(C)=O)CC3)n2)CCN(C(=O)CN2CCN(CC(=O)O)CCN(CC(=O)O)CCN(CC(=O)O)CC2)CC1)C(N)=O. The third kappa shape index (κ3) is 25.6. The molecule has 0 aliphatic carbocycles. The normalized spacial score (nSPS) is 18.7. The van der Waals surface area contributed by atoms with Gasteiger partial charge in [-0.15, -0.1) is 0 Å². The number of nitrogens with zero attached hydrogens (tertiary/aromatic N) is 7. The number of ketones is 1. The molecule has 9 N–H and O–H groups in total. The van der Waals surface area contributed by atoms with E-state index in [4.69, 9.17) is 10.7 Å². The summed E-state index contributed by atoms with van der Waals surface area (Å²) >= 11 is 3.11. The molecule has 4 heterocycles. The Morgan fingerprint density at radius 2 is 1.12 bits per heavy atom. The highest BCUT2D eigenvalue weighted by molar-refractivity contribution is 7.98. The van der Waals surface area contributed by atoms with Gasteiger partial charge in [-0.25, -0.2) is 0 Å². The molecular weight excluding hydrogens is 1100 g/mol. The summed E-state index contributed by atoms with van der Waals surface area (Å²) in [7, 11) is 0. The van der Waals surface area contributed by atoms with Gasteiger partial charge in [0.05, 0.1) is 44.1 Å². The zero-order chi connectivity index (χ0) is 60.4. The number of aliphatic carboxylic acids is 3. The number of primary amides is 1. The van der Waals surface area contributed by atoms with Crippen molar-refractivity contribution in [3.05, 3.63) is 29.6 Å². The molecule has 3 saturated heterocycles. The Hall–Kier alpha value is -5.45. The summed E-state index contributed by atoms with van der Waals surface area (Å²) in [6.45, 7) is 11.8. The van der Waals surface area contributed by atoms with Crippen LogP contribution < -0.4 is 27.0 Å². The lowest BCUT2D eigenvalue weighted by atomic mass is 9.85. The van der Waals surface area contributed by atoms with Gasteiger partial charge < -0.3 is 47.2 Å². The number of Topliss-reactive ketones (excluding diaryl/α,β-unsaturated/α-hetero) is 1. The number of carboxylic acid groups (broad SMARTS) is 3. The second kappa shape index (κ2) is 35.6. The Kier molecular flexibility index (Phi) is 30.0. The maximum Gasteiger partial charge on any atom is 0.317 e. The van der Waals surface area contributed by atoms with Gasteiger partial charge in [0.15, 0.2) is 0 Å². The molecule has 0 aromatic carbocycles. The zero-order valence-corrected chi connectivity index (χ0v) is 50.2. The van der Waals surface area contributed by atoms with Gasteiger partial charge in [0, 0.05) is 120 Å². The molecule has 0 spiro atoms. The van der Waals surface area contributed by atoms with Gasteiger partial charge in [-0.2, -0.15) is 23.5 Å². The highest BCUT2D eigenvalue weighted by Crippen LogP contribution is 2.26. The first-order valence-electron chi connectivity index (χ1n) is 28.6. The van der Waals surface area contributed by atoms with Crippen LogP contribution in [-0.2, 0) is 59.5 Å². The molecule has 82 heavy (non-hydrogen) atoms. The lowest BCUT2D eigenvalue weighted by Gasteiger charge is -2.42. The number of carbonyl (C=O) groups excluding carboxylic acids is 7. The summed E-state index contributed by atoms with van der Waals surface area (Å²) < 4.78 is 0. The van der Waals surface area contributed by atoms with Crippen molar-refractivity contribution in [2.45, 2.75) is 121 Å². The predicted molar refractivity (Wildman–Crippen MR) is 311 cm³/mol. The van der Waals surface area contributed by atoms with Gasteiger partial charge in [0.25, 0.3) is 0 Å². The minimum Gasteiger partial charge on any atom is -0.480 e. The molecule has 27 heteroatoms. The Balaban J connectivity index is 1.42. The number of thioether (sulfide) groups is 2. The fourth-order valence-corrected chi connectivity index (χ4v) is 11.8. The highest BCUT2D eigenvalue weighted by Gasteiger charge is 2.45. The van der Waals surface area contributed by atoms with Crippen LogP contribution in [0.4, 0.5) is 0 Å². The first kappa shape index (κ1) is 69.0. The molecule has 25 nitrogen and oxygen atoms in total. The largest absolute Gasteiger partial charge is 0.480 e. The third-order valence-corrected chi connectivity index (χ3v) is 17.0. The minimum atomic E-state index is -1.55. The summed E-state index contributed by atoms with van der Waals surface area (Å²) in [4.78, 5) is 144. The van der Waals surface area contributed by atoms with Gasteiger partial charge in [0.2, 0.25) is 35.4 Å². The van der Waals surface area contributed by atoms with Gasteiger partial charge >= 0.3 is 17.9 Å². The number of likely N-dealkylation sites (tertiary alicyclic amines) is 2. The maximum atomic E-state index is 14.7. The smallest absolute Gasteiger partial charge is 0.317 e. The van der Waals surface area contributed by atoms with Gasteiger partial charge in [-0.1, -0.05) is 40.2 Å². The number of pyridine rings is 1. The number of amides is 6. The monoisotopic (exact) mass is 1190 g/mol. The van der Waals surface area contributed by atoms with Crippen molar-refractivity contribution in [1.29, 1.82) is 0 Å². The second-order valence-electron chi connectivity index (χ2n) is 22.3. The number of nitrogens with one attached hydrogen (secondary N) is 4. The molecule has 460 valence electrons. The molecule has 3 fully saturated rings. The van der Waals surface area contributed by atoms with Crippen LogP contribution in [0, 0.1) is 11.8 Å². The van der Waals surface area contributed by atoms with Crippen LogP contribution in [0.3, 0.4) is 0 Å². The molecular formula is C55H90N12O13S2. The molecule has 0 unspecified atom stereocenters. The van der Waals surface area contributed by atoms with E-state index in [-0.39, 0.29) is 153 Å². The van der Waals surface area contributed by atoms with Crippen LogP contribution in [0.15, 0.2) is 18.2 Å². The second-order valence-corrected chi connectivity index (χ2v) is 24.5. The standard InChI is InChI=1S/C55H90N12O13S2/c1-6-39(4)51(52(56)78)60-53(79)44(30-38(2)3)59-54(80)55(61-46(70)13-29-82-37-43-9-7-8-42(57-43)36-81-28-12-45(69)58-41-10-16-62(17-11-41)31-40(5)68)14-18-67(19-15-55)47(71)32-63-20-22-64(33-48(72)73)24-26-66(35-50(76)77)27-25-65(23-21-63)34-49(74)75/h7-9,38-39,41,44,51H,6,10-37H2,1-5H3,(H2,56,78)(H,58,69)(H,59,80)(H,60,79)(H,61,70)(H,72,73)(H,74,75)(H,76,77)/t39-,44-,51-/m0/s1. The van der Waals surface area contributed by atoms with Crippen LogP contribution in [-0.4, -0.2) is 255 Å². The molecule has 1 aromatic heterocycles. The summed E-state index contributed by atoms with van der Waals surface area (Å²) in [5, 5.41) is 40.7. The van der Waals surface area contributed by atoms with Crippen molar-refractivity contribution in [3.8, 4) is 0 Å². The number of aromatic nitrogens is 1. The van der Waals surface area contributed by atoms with Crippen molar-refractivity contribution in [2.24, 2.45) is 17.6 Å². The average molecular weight is 1190 g/mol. The van der Waals surface area contributed by atoms with E-state index in [2.05, 4.69) is 26.2 Å². The van der Waals surface area contributed by atoms with Crippen molar-refractivity contribution in [2.75, 3.05) is 123 Å².